The van der Waals surface area contributed by atoms with Crippen molar-refractivity contribution in [2.24, 2.45) is 5.92 Å². The van der Waals surface area contributed by atoms with Crippen molar-refractivity contribution < 1.29 is 9.90 Å². The second-order valence-corrected chi connectivity index (χ2v) is 3.47. The monoisotopic (exact) mass is 202 g/mol. The van der Waals surface area contributed by atoms with Crippen LogP contribution in [-0.4, -0.2) is 11.1 Å². The van der Waals surface area contributed by atoms with Gasteiger partial charge in [-0.3, -0.25) is 4.79 Å². The highest BCUT2D eigenvalue weighted by Crippen LogP contribution is 2.10. The fourth-order valence-electron chi connectivity index (χ4n) is 1.33. The topological polar surface area (TPSA) is 37.3 Å². The van der Waals surface area contributed by atoms with Gasteiger partial charge in [0.05, 0.1) is 0 Å². The van der Waals surface area contributed by atoms with Crippen LogP contribution in [0.4, 0.5) is 0 Å². The van der Waals surface area contributed by atoms with E-state index in [1.165, 1.54) is 5.56 Å². The molecule has 1 N–H and O–H groups in total. The molecule has 0 saturated carbocycles. The number of aryl methyl sites for hydroxylation is 1. The molecule has 1 aromatic rings. The minimum Gasteiger partial charge on any atom is -0.480 e. The van der Waals surface area contributed by atoms with Crippen molar-refractivity contribution >= 4 is 5.97 Å². The molecule has 1 aromatic carbocycles. The van der Waals surface area contributed by atoms with Crippen LogP contribution < -0.4 is 0 Å². The summed E-state index contributed by atoms with van der Waals surface area (Å²) in [6, 6.07) is 7.85. The number of carboxylic acid groups (broad SMARTS) is 1. The first-order valence-corrected chi connectivity index (χ1v) is 4.84. The first kappa shape index (κ1) is 11.3. The van der Waals surface area contributed by atoms with Gasteiger partial charge >= 0.3 is 5.97 Å². The number of aliphatic carboxylic acids is 1. The van der Waals surface area contributed by atoms with Crippen molar-refractivity contribution in [1.29, 1.82) is 0 Å². The Bertz CT molecular complexity index is 393. The van der Waals surface area contributed by atoms with Crippen LogP contribution in [-0.2, 0) is 11.2 Å². The summed E-state index contributed by atoms with van der Waals surface area (Å²) >= 11 is 0. The van der Waals surface area contributed by atoms with Gasteiger partial charge in [-0.05, 0) is 25.8 Å². The normalized spacial score (nSPS) is 11.3. The van der Waals surface area contributed by atoms with E-state index in [-0.39, 0.29) is 0 Å². The first-order valence-electron chi connectivity index (χ1n) is 4.84. The molecular formula is C13H14O2. The van der Waals surface area contributed by atoms with E-state index in [1.54, 1.807) is 6.92 Å². The van der Waals surface area contributed by atoms with E-state index in [1.807, 2.05) is 31.2 Å². The lowest BCUT2D eigenvalue weighted by atomic mass is 9.99. The van der Waals surface area contributed by atoms with Crippen molar-refractivity contribution in [2.75, 3.05) is 0 Å². The zero-order valence-corrected chi connectivity index (χ0v) is 8.95. The second-order valence-electron chi connectivity index (χ2n) is 3.47. The Balaban J connectivity index is 2.77. The van der Waals surface area contributed by atoms with E-state index in [0.717, 1.165) is 5.56 Å². The minimum absolute atomic E-state index is 0.469. The molecule has 0 aliphatic rings. The van der Waals surface area contributed by atoms with Gasteiger partial charge < -0.3 is 5.11 Å². The Morgan fingerprint density at radius 2 is 2.00 bits per heavy atom. The molecule has 0 aromatic heterocycles. The van der Waals surface area contributed by atoms with E-state index in [9.17, 15) is 4.79 Å². The fourth-order valence-corrected chi connectivity index (χ4v) is 1.33. The number of carbonyl (C=O) groups is 1. The van der Waals surface area contributed by atoms with Gasteiger partial charge in [0.15, 0.2) is 0 Å². The predicted octanol–water partition coefficient (Wildman–Crippen LogP) is 2.26. The van der Waals surface area contributed by atoms with Gasteiger partial charge in [-0.1, -0.05) is 35.7 Å². The van der Waals surface area contributed by atoms with Crippen LogP contribution in [0.5, 0.6) is 0 Å². The largest absolute Gasteiger partial charge is 0.480 e. The number of benzene rings is 1. The SMILES string of the molecule is CC#CC(Cc1ccc(C)cc1)C(=O)O. The summed E-state index contributed by atoms with van der Waals surface area (Å²) in [7, 11) is 0. The van der Waals surface area contributed by atoms with Gasteiger partial charge in [0.1, 0.15) is 5.92 Å². The van der Waals surface area contributed by atoms with Crippen molar-refractivity contribution in [2.45, 2.75) is 20.3 Å². The average molecular weight is 202 g/mol. The molecule has 0 fully saturated rings. The summed E-state index contributed by atoms with van der Waals surface area (Å²) in [6.07, 6.45) is 0.469. The van der Waals surface area contributed by atoms with Crippen molar-refractivity contribution in [1.82, 2.24) is 0 Å². The molecule has 1 rings (SSSR count). The molecule has 78 valence electrons. The lowest BCUT2D eigenvalue weighted by Crippen LogP contribution is -2.14. The molecule has 1 atom stereocenters. The molecule has 2 nitrogen and oxygen atoms in total. The Kier molecular flexibility index (Phi) is 3.93. The molecule has 2 heteroatoms. The standard InChI is InChI=1S/C13H14O2/c1-3-4-12(13(14)15)9-11-7-5-10(2)6-8-11/h5-8,12H,9H2,1-2H3,(H,14,15). The molecule has 1 unspecified atom stereocenters. The highest BCUT2D eigenvalue weighted by molar-refractivity contribution is 5.74. The lowest BCUT2D eigenvalue weighted by molar-refractivity contribution is -0.139. The molecule has 0 saturated heterocycles. The third-order valence-corrected chi connectivity index (χ3v) is 2.18. The maximum Gasteiger partial charge on any atom is 0.319 e. The smallest absolute Gasteiger partial charge is 0.319 e. The van der Waals surface area contributed by atoms with E-state index in [4.69, 9.17) is 5.11 Å². The number of carboxylic acids is 1. The molecular weight excluding hydrogens is 188 g/mol. The van der Waals surface area contributed by atoms with E-state index < -0.39 is 11.9 Å². The molecule has 0 heterocycles. The average Bonchev–Trinajstić information content (AvgIpc) is 2.20. The van der Waals surface area contributed by atoms with Gasteiger partial charge in [0.25, 0.3) is 0 Å². The van der Waals surface area contributed by atoms with Crippen LogP contribution >= 0.6 is 0 Å². The summed E-state index contributed by atoms with van der Waals surface area (Å²) in [4.78, 5) is 10.9. The predicted molar refractivity (Wildman–Crippen MR) is 59.5 cm³/mol. The highest BCUT2D eigenvalue weighted by atomic mass is 16.4. The van der Waals surface area contributed by atoms with Gasteiger partial charge in [0, 0.05) is 0 Å². The zero-order chi connectivity index (χ0) is 11.3. The Labute approximate surface area is 89.9 Å². The van der Waals surface area contributed by atoms with Gasteiger partial charge in [-0.2, -0.15) is 0 Å². The summed E-state index contributed by atoms with van der Waals surface area (Å²) in [5.41, 5.74) is 2.18. The van der Waals surface area contributed by atoms with Crippen LogP contribution in [0.3, 0.4) is 0 Å². The van der Waals surface area contributed by atoms with Gasteiger partial charge in [-0.15, -0.1) is 5.92 Å². The second kappa shape index (κ2) is 5.21. The quantitative estimate of drug-likeness (QED) is 0.763. The molecule has 0 aliphatic carbocycles. The third kappa shape index (κ3) is 3.47. The minimum atomic E-state index is -0.857. The third-order valence-electron chi connectivity index (χ3n) is 2.18. The van der Waals surface area contributed by atoms with Crippen LogP contribution in [0.25, 0.3) is 0 Å². The van der Waals surface area contributed by atoms with E-state index in [2.05, 4.69) is 11.8 Å². The summed E-state index contributed by atoms with van der Waals surface area (Å²) in [5.74, 6) is 3.89. The molecule has 0 amide bonds. The van der Waals surface area contributed by atoms with Crippen molar-refractivity contribution in [3.05, 3.63) is 35.4 Å². The Morgan fingerprint density at radius 1 is 1.40 bits per heavy atom. The fraction of sp³-hybridized carbons (Fsp3) is 0.308. The summed E-state index contributed by atoms with van der Waals surface area (Å²) in [6.45, 7) is 3.66. The number of hydrogen-bond donors (Lipinski definition) is 1. The van der Waals surface area contributed by atoms with Crippen LogP contribution in [0, 0.1) is 24.7 Å². The lowest BCUT2D eigenvalue weighted by Gasteiger charge is -2.05. The van der Waals surface area contributed by atoms with Gasteiger partial charge in [0.2, 0.25) is 0 Å². The molecule has 0 aliphatic heterocycles. The maximum atomic E-state index is 10.9. The van der Waals surface area contributed by atoms with Gasteiger partial charge in [-0.25, -0.2) is 0 Å². The molecule has 0 bridgehead atoms. The van der Waals surface area contributed by atoms with Crippen LogP contribution in [0.1, 0.15) is 18.1 Å². The molecule has 0 radical (unpaired) electrons. The molecule has 0 spiro atoms. The van der Waals surface area contributed by atoms with Crippen LogP contribution in [0.2, 0.25) is 0 Å². The van der Waals surface area contributed by atoms with E-state index in [0.29, 0.717) is 6.42 Å². The highest BCUT2D eigenvalue weighted by Gasteiger charge is 2.14. The Hall–Kier alpha value is -1.75. The number of rotatable bonds is 3. The van der Waals surface area contributed by atoms with Crippen molar-refractivity contribution in [3.63, 3.8) is 0 Å². The van der Waals surface area contributed by atoms with Crippen molar-refractivity contribution in [3.8, 4) is 11.8 Å². The summed E-state index contributed by atoms with van der Waals surface area (Å²) < 4.78 is 0. The van der Waals surface area contributed by atoms with Crippen LogP contribution in [0.15, 0.2) is 24.3 Å². The number of hydrogen-bond acceptors (Lipinski definition) is 1. The Morgan fingerprint density at radius 3 is 2.47 bits per heavy atom. The maximum absolute atomic E-state index is 10.9. The first-order chi connectivity index (χ1) is 7.13. The van der Waals surface area contributed by atoms with E-state index >= 15 is 0 Å². The molecule has 15 heavy (non-hydrogen) atoms. The zero-order valence-electron chi connectivity index (χ0n) is 8.95. The summed E-state index contributed by atoms with van der Waals surface area (Å²) in [5, 5.41) is 8.92.